The van der Waals surface area contributed by atoms with Crippen molar-refractivity contribution in [2.75, 3.05) is 13.1 Å². The topological polar surface area (TPSA) is 84.3 Å². The van der Waals surface area contributed by atoms with E-state index in [2.05, 4.69) is 10.6 Å². The van der Waals surface area contributed by atoms with Crippen LogP contribution in [0.2, 0.25) is 0 Å². The van der Waals surface area contributed by atoms with Gasteiger partial charge in [0, 0.05) is 12.6 Å². The number of nitrogens with zero attached hydrogens (tertiary/aromatic N) is 1. The van der Waals surface area contributed by atoms with Crippen LogP contribution >= 0.6 is 0 Å². The number of halogens is 2. The number of benzene rings is 1. The van der Waals surface area contributed by atoms with Crippen LogP contribution in [-0.2, 0) is 0 Å². The van der Waals surface area contributed by atoms with E-state index < -0.39 is 33.7 Å². The van der Waals surface area contributed by atoms with Gasteiger partial charge in [0.1, 0.15) is 5.82 Å². The van der Waals surface area contributed by atoms with Crippen molar-refractivity contribution in [2.45, 2.75) is 18.9 Å². The fraction of sp³-hybridized carbons (Fsp3) is 0.417. The van der Waals surface area contributed by atoms with Crippen molar-refractivity contribution in [1.29, 1.82) is 0 Å². The molecule has 1 heterocycles. The first-order valence-electron chi connectivity index (χ1n) is 6.14. The molecule has 1 amide bonds. The number of amides is 1. The minimum Gasteiger partial charge on any atom is -0.348 e. The molecular weight excluding hydrogens is 272 g/mol. The highest BCUT2D eigenvalue weighted by Crippen LogP contribution is 2.22. The molecule has 2 rings (SSSR count). The van der Waals surface area contributed by atoms with Gasteiger partial charge in [-0.05, 0) is 25.5 Å². The van der Waals surface area contributed by atoms with Gasteiger partial charge < -0.3 is 10.6 Å². The fourth-order valence-corrected chi connectivity index (χ4v) is 2.11. The molecule has 0 bridgehead atoms. The number of carbonyl (C=O) groups excluding carboxylic acids is 1. The maximum absolute atomic E-state index is 13.8. The summed E-state index contributed by atoms with van der Waals surface area (Å²) in [6.07, 6.45) is 1.58. The van der Waals surface area contributed by atoms with Crippen molar-refractivity contribution in [2.24, 2.45) is 0 Å². The Hall–Kier alpha value is -2.09. The van der Waals surface area contributed by atoms with E-state index in [4.69, 9.17) is 0 Å². The Morgan fingerprint density at radius 1 is 1.45 bits per heavy atom. The van der Waals surface area contributed by atoms with E-state index >= 15 is 0 Å². The number of hydrogen-bond acceptors (Lipinski definition) is 4. The summed E-state index contributed by atoms with van der Waals surface area (Å²) in [6.45, 7) is 1.37. The summed E-state index contributed by atoms with van der Waals surface area (Å²) in [5.74, 6) is -3.19. The molecule has 1 aliphatic heterocycles. The number of rotatable bonds is 3. The molecule has 0 aromatic heterocycles. The number of carbonyl (C=O) groups is 1. The normalized spacial score (nSPS) is 18.6. The standard InChI is InChI=1S/C12H13F2N3O3/c13-7-4-9(11(14)10(5-7)17(19)20)12(18)16-8-2-1-3-15-6-8/h4-5,8,15H,1-3,6H2,(H,16,18). The smallest absolute Gasteiger partial charge is 0.308 e. The van der Waals surface area contributed by atoms with Gasteiger partial charge in [0.15, 0.2) is 0 Å². The SMILES string of the molecule is O=C(NC1CCCNC1)c1cc(F)cc([N+](=O)[O-])c1F. The first-order chi connectivity index (χ1) is 9.49. The van der Waals surface area contributed by atoms with Crippen molar-refractivity contribution >= 4 is 11.6 Å². The van der Waals surface area contributed by atoms with Gasteiger partial charge in [-0.3, -0.25) is 14.9 Å². The minimum absolute atomic E-state index is 0.196. The Kier molecular flexibility index (Phi) is 4.23. The van der Waals surface area contributed by atoms with E-state index in [0.29, 0.717) is 18.7 Å². The lowest BCUT2D eigenvalue weighted by molar-refractivity contribution is -0.387. The van der Waals surface area contributed by atoms with Crippen LogP contribution in [-0.4, -0.2) is 30.0 Å². The van der Waals surface area contributed by atoms with Gasteiger partial charge in [-0.1, -0.05) is 0 Å². The number of nitro groups is 1. The van der Waals surface area contributed by atoms with Crippen LogP contribution in [0.15, 0.2) is 12.1 Å². The van der Waals surface area contributed by atoms with Crippen molar-refractivity contribution < 1.29 is 18.5 Å². The molecule has 1 fully saturated rings. The summed E-state index contributed by atoms with van der Waals surface area (Å²) < 4.78 is 27.1. The van der Waals surface area contributed by atoms with E-state index in [-0.39, 0.29) is 6.04 Å². The average molecular weight is 285 g/mol. The van der Waals surface area contributed by atoms with Gasteiger partial charge in [0.05, 0.1) is 16.6 Å². The Morgan fingerprint density at radius 3 is 2.80 bits per heavy atom. The predicted molar refractivity (Wildman–Crippen MR) is 66.4 cm³/mol. The Labute approximate surface area is 113 Å². The molecule has 0 aliphatic carbocycles. The zero-order valence-corrected chi connectivity index (χ0v) is 10.5. The molecule has 1 aromatic rings. The van der Waals surface area contributed by atoms with E-state index in [9.17, 15) is 23.7 Å². The van der Waals surface area contributed by atoms with Crippen molar-refractivity contribution in [3.63, 3.8) is 0 Å². The first-order valence-corrected chi connectivity index (χ1v) is 6.14. The number of nitrogens with one attached hydrogen (secondary N) is 2. The molecule has 1 aromatic carbocycles. The van der Waals surface area contributed by atoms with Crippen LogP contribution in [0.1, 0.15) is 23.2 Å². The van der Waals surface area contributed by atoms with Crippen molar-refractivity contribution in [3.8, 4) is 0 Å². The summed E-state index contributed by atoms with van der Waals surface area (Å²) in [7, 11) is 0. The Balaban J connectivity index is 2.22. The van der Waals surface area contributed by atoms with Crippen LogP contribution in [0, 0.1) is 21.7 Å². The molecule has 1 unspecified atom stereocenters. The average Bonchev–Trinajstić information content (AvgIpc) is 2.41. The molecular formula is C12H13F2N3O3. The molecule has 0 radical (unpaired) electrons. The molecule has 1 atom stereocenters. The Bertz CT molecular complexity index is 545. The molecule has 0 saturated carbocycles. The van der Waals surface area contributed by atoms with Crippen LogP contribution in [0.25, 0.3) is 0 Å². The lowest BCUT2D eigenvalue weighted by Gasteiger charge is -2.23. The highest BCUT2D eigenvalue weighted by atomic mass is 19.1. The van der Waals surface area contributed by atoms with E-state index in [0.717, 1.165) is 19.4 Å². The number of nitro benzene ring substituents is 1. The van der Waals surface area contributed by atoms with Gasteiger partial charge in [-0.2, -0.15) is 4.39 Å². The Morgan fingerprint density at radius 2 is 2.20 bits per heavy atom. The quantitative estimate of drug-likeness (QED) is 0.648. The highest BCUT2D eigenvalue weighted by molar-refractivity contribution is 5.95. The zero-order chi connectivity index (χ0) is 14.7. The van der Waals surface area contributed by atoms with Crippen LogP contribution < -0.4 is 10.6 Å². The fourth-order valence-electron chi connectivity index (χ4n) is 2.11. The highest BCUT2D eigenvalue weighted by Gasteiger charge is 2.25. The number of hydrogen-bond donors (Lipinski definition) is 2. The van der Waals surface area contributed by atoms with Crippen LogP contribution in [0.4, 0.5) is 14.5 Å². The lowest BCUT2D eigenvalue weighted by atomic mass is 10.1. The van der Waals surface area contributed by atoms with E-state index in [1.165, 1.54) is 0 Å². The summed E-state index contributed by atoms with van der Waals surface area (Å²) in [6, 6.07) is 0.917. The largest absolute Gasteiger partial charge is 0.348 e. The second-order valence-electron chi connectivity index (χ2n) is 4.56. The minimum atomic E-state index is -1.32. The summed E-state index contributed by atoms with van der Waals surface area (Å²) in [5, 5.41) is 16.2. The summed E-state index contributed by atoms with van der Waals surface area (Å²) in [5.41, 5.74) is -1.70. The maximum atomic E-state index is 13.8. The van der Waals surface area contributed by atoms with Gasteiger partial charge in [0.25, 0.3) is 5.91 Å². The summed E-state index contributed by atoms with van der Waals surface area (Å²) in [4.78, 5) is 21.4. The molecule has 6 nitrogen and oxygen atoms in total. The third kappa shape index (κ3) is 3.08. The molecule has 20 heavy (non-hydrogen) atoms. The summed E-state index contributed by atoms with van der Waals surface area (Å²) >= 11 is 0. The van der Waals surface area contributed by atoms with Crippen molar-refractivity contribution in [3.05, 3.63) is 39.4 Å². The molecule has 8 heteroatoms. The van der Waals surface area contributed by atoms with E-state index in [1.807, 2.05) is 0 Å². The lowest BCUT2D eigenvalue weighted by Crippen LogP contribution is -2.45. The molecule has 0 spiro atoms. The van der Waals surface area contributed by atoms with Crippen molar-refractivity contribution in [1.82, 2.24) is 10.6 Å². The molecule has 2 N–H and O–H groups in total. The van der Waals surface area contributed by atoms with Gasteiger partial charge in [-0.15, -0.1) is 0 Å². The molecule has 1 aliphatic rings. The second kappa shape index (κ2) is 5.91. The van der Waals surface area contributed by atoms with Crippen LogP contribution in [0.3, 0.4) is 0 Å². The zero-order valence-electron chi connectivity index (χ0n) is 10.5. The number of piperidine rings is 1. The maximum Gasteiger partial charge on any atom is 0.308 e. The van der Waals surface area contributed by atoms with E-state index in [1.54, 1.807) is 0 Å². The van der Waals surface area contributed by atoms with Gasteiger partial charge in [-0.25, -0.2) is 4.39 Å². The predicted octanol–water partition coefficient (Wildman–Crippen LogP) is 1.35. The third-order valence-electron chi connectivity index (χ3n) is 3.09. The second-order valence-corrected chi connectivity index (χ2v) is 4.56. The molecule has 1 saturated heterocycles. The van der Waals surface area contributed by atoms with Gasteiger partial charge >= 0.3 is 5.69 Å². The third-order valence-corrected chi connectivity index (χ3v) is 3.09. The molecule has 108 valence electrons. The van der Waals surface area contributed by atoms with Gasteiger partial charge in [0.2, 0.25) is 5.82 Å². The van der Waals surface area contributed by atoms with Crippen LogP contribution in [0.5, 0.6) is 0 Å². The first kappa shape index (κ1) is 14.3. The monoisotopic (exact) mass is 285 g/mol.